The molecule has 2 aromatic rings. The van der Waals surface area contributed by atoms with E-state index in [9.17, 15) is 4.79 Å². The summed E-state index contributed by atoms with van der Waals surface area (Å²) >= 11 is 0. The van der Waals surface area contributed by atoms with Gasteiger partial charge in [0.15, 0.2) is 5.58 Å². The van der Waals surface area contributed by atoms with Gasteiger partial charge < -0.3 is 14.7 Å². The van der Waals surface area contributed by atoms with Crippen molar-refractivity contribution < 1.29 is 9.32 Å². The van der Waals surface area contributed by atoms with E-state index in [1.807, 2.05) is 29.2 Å². The van der Waals surface area contributed by atoms with Crippen molar-refractivity contribution in [2.45, 2.75) is 26.3 Å². The van der Waals surface area contributed by atoms with Gasteiger partial charge in [0.25, 0.3) is 0 Å². The molecule has 0 bridgehead atoms. The number of urea groups is 1. The first-order valence-electron chi connectivity index (χ1n) is 7.10. The van der Waals surface area contributed by atoms with E-state index in [2.05, 4.69) is 17.4 Å². The lowest BCUT2D eigenvalue weighted by Gasteiger charge is -2.30. The first-order valence-corrected chi connectivity index (χ1v) is 7.10. The predicted octanol–water partition coefficient (Wildman–Crippen LogP) is 2.77. The molecule has 2 heterocycles. The number of rotatable bonds is 2. The van der Waals surface area contributed by atoms with Crippen molar-refractivity contribution in [2.75, 3.05) is 13.1 Å². The smallest absolute Gasteiger partial charge is 0.317 e. The second kappa shape index (κ2) is 5.53. The summed E-state index contributed by atoms with van der Waals surface area (Å²) in [5.74, 6) is 0.586. The highest BCUT2D eigenvalue weighted by Crippen LogP contribution is 2.18. The van der Waals surface area contributed by atoms with Crippen LogP contribution in [0.4, 0.5) is 4.79 Å². The Morgan fingerprint density at radius 2 is 2.35 bits per heavy atom. The van der Waals surface area contributed by atoms with Crippen LogP contribution in [-0.4, -0.2) is 29.2 Å². The number of carbonyl (C=O) groups is 1. The maximum absolute atomic E-state index is 12.1. The molecule has 1 unspecified atom stereocenters. The first kappa shape index (κ1) is 13.0. The molecule has 1 atom stereocenters. The number of aromatic nitrogens is 1. The molecule has 106 valence electrons. The third-order valence-electron chi connectivity index (χ3n) is 3.80. The molecule has 0 radical (unpaired) electrons. The van der Waals surface area contributed by atoms with E-state index in [1.54, 1.807) is 0 Å². The summed E-state index contributed by atoms with van der Waals surface area (Å²) in [7, 11) is 0. The Labute approximate surface area is 117 Å². The topological polar surface area (TPSA) is 58.4 Å². The molecule has 2 amide bonds. The average molecular weight is 273 g/mol. The van der Waals surface area contributed by atoms with E-state index in [4.69, 9.17) is 4.52 Å². The Morgan fingerprint density at radius 1 is 1.50 bits per heavy atom. The summed E-state index contributed by atoms with van der Waals surface area (Å²) in [4.78, 5) is 14.0. The average Bonchev–Trinajstić information content (AvgIpc) is 2.88. The lowest BCUT2D eigenvalue weighted by molar-refractivity contribution is 0.169. The first-order chi connectivity index (χ1) is 9.74. The minimum atomic E-state index is -0.0105. The molecule has 5 heteroatoms. The van der Waals surface area contributed by atoms with E-state index in [-0.39, 0.29) is 6.03 Å². The fourth-order valence-electron chi connectivity index (χ4n) is 2.71. The fraction of sp³-hybridized carbons (Fsp3) is 0.467. The lowest BCUT2D eigenvalue weighted by Crippen LogP contribution is -2.44. The molecular weight excluding hydrogens is 254 g/mol. The molecule has 1 aliphatic rings. The number of amides is 2. The van der Waals surface area contributed by atoms with Crippen molar-refractivity contribution in [2.24, 2.45) is 5.92 Å². The van der Waals surface area contributed by atoms with Gasteiger partial charge in [-0.25, -0.2) is 4.79 Å². The van der Waals surface area contributed by atoms with E-state index in [0.717, 1.165) is 36.2 Å². The van der Waals surface area contributed by atoms with Crippen LogP contribution >= 0.6 is 0 Å². The van der Waals surface area contributed by atoms with Gasteiger partial charge in [-0.3, -0.25) is 0 Å². The number of hydrogen-bond donors (Lipinski definition) is 1. The van der Waals surface area contributed by atoms with Crippen LogP contribution < -0.4 is 5.32 Å². The standard InChI is InChI=1S/C15H19N3O2/c1-11-5-4-8-18(10-11)15(19)16-9-13-12-6-2-3-7-14(12)20-17-13/h2-3,6-7,11H,4-5,8-10H2,1H3,(H,16,19). The van der Waals surface area contributed by atoms with Crippen molar-refractivity contribution in [3.63, 3.8) is 0 Å². The zero-order valence-electron chi connectivity index (χ0n) is 11.6. The Balaban J connectivity index is 1.63. The summed E-state index contributed by atoms with van der Waals surface area (Å²) in [6.45, 7) is 4.27. The Morgan fingerprint density at radius 3 is 3.20 bits per heavy atom. The number of nitrogens with one attached hydrogen (secondary N) is 1. The van der Waals surface area contributed by atoms with Gasteiger partial charge in [0.2, 0.25) is 0 Å². The number of likely N-dealkylation sites (tertiary alicyclic amines) is 1. The van der Waals surface area contributed by atoms with Gasteiger partial charge in [-0.1, -0.05) is 24.2 Å². The highest BCUT2D eigenvalue weighted by molar-refractivity contribution is 5.80. The second-order valence-electron chi connectivity index (χ2n) is 5.48. The lowest BCUT2D eigenvalue weighted by atomic mass is 10.0. The van der Waals surface area contributed by atoms with Crippen molar-refractivity contribution >= 4 is 17.0 Å². The number of hydrogen-bond acceptors (Lipinski definition) is 3. The van der Waals surface area contributed by atoms with Gasteiger partial charge >= 0.3 is 6.03 Å². The SMILES string of the molecule is CC1CCCN(C(=O)NCc2noc3ccccc23)C1. The number of fused-ring (bicyclic) bond motifs is 1. The Hall–Kier alpha value is -2.04. The van der Waals surface area contributed by atoms with E-state index < -0.39 is 0 Å². The molecule has 0 saturated carbocycles. The fourth-order valence-corrected chi connectivity index (χ4v) is 2.71. The number of piperidine rings is 1. The van der Waals surface area contributed by atoms with Crippen LogP contribution in [0.5, 0.6) is 0 Å². The molecule has 1 aromatic carbocycles. The van der Waals surface area contributed by atoms with Crippen LogP contribution in [0.15, 0.2) is 28.8 Å². The van der Waals surface area contributed by atoms with Crippen LogP contribution in [0.25, 0.3) is 11.0 Å². The van der Waals surface area contributed by atoms with E-state index in [0.29, 0.717) is 12.5 Å². The monoisotopic (exact) mass is 273 g/mol. The number of benzene rings is 1. The maximum atomic E-state index is 12.1. The number of nitrogens with zero attached hydrogens (tertiary/aromatic N) is 2. The molecule has 0 aliphatic carbocycles. The van der Waals surface area contributed by atoms with Crippen molar-refractivity contribution in [1.82, 2.24) is 15.4 Å². The predicted molar refractivity (Wildman–Crippen MR) is 76.2 cm³/mol. The van der Waals surface area contributed by atoms with Crippen LogP contribution in [0.1, 0.15) is 25.5 Å². The highest BCUT2D eigenvalue weighted by Gasteiger charge is 2.21. The summed E-state index contributed by atoms with van der Waals surface area (Å²) in [6.07, 6.45) is 2.29. The molecule has 1 aliphatic heterocycles. The molecular formula is C15H19N3O2. The summed E-state index contributed by atoms with van der Waals surface area (Å²) < 4.78 is 5.23. The van der Waals surface area contributed by atoms with E-state index in [1.165, 1.54) is 6.42 Å². The second-order valence-corrected chi connectivity index (χ2v) is 5.48. The van der Waals surface area contributed by atoms with Gasteiger partial charge in [-0.2, -0.15) is 0 Å². The van der Waals surface area contributed by atoms with Crippen molar-refractivity contribution in [3.8, 4) is 0 Å². The van der Waals surface area contributed by atoms with Crippen molar-refractivity contribution in [3.05, 3.63) is 30.0 Å². The van der Waals surface area contributed by atoms with Crippen LogP contribution in [0.2, 0.25) is 0 Å². The van der Waals surface area contributed by atoms with Gasteiger partial charge in [0.1, 0.15) is 5.69 Å². The Kier molecular flexibility index (Phi) is 3.58. The zero-order chi connectivity index (χ0) is 13.9. The zero-order valence-corrected chi connectivity index (χ0v) is 11.6. The van der Waals surface area contributed by atoms with Gasteiger partial charge in [0.05, 0.1) is 6.54 Å². The minimum absolute atomic E-state index is 0.0105. The van der Waals surface area contributed by atoms with Crippen LogP contribution in [0.3, 0.4) is 0 Å². The quantitative estimate of drug-likeness (QED) is 0.915. The summed E-state index contributed by atoms with van der Waals surface area (Å²) in [5.41, 5.74) is 1.53. The summed E-state index contributed by atoms with van der Waals surface area (Å²) in [5, 5.41) is 7.91. The molecule has 1 saturated heterocycles. The maximum Gasteiger partial charge on any atom is 0.317 e. The largest absolute Gasteiger partial charge is 0.356 e. The third kappa shape index (κ3) is 2.61. The van der Waals surface area contributed by atoms with Crippen LogP contribution in [-0.2, 0) is 6.54 Å². The van der Waals surface area contributed by atoms with Crippen molar-refractivity contribution in [1.29, 1.82) is 0 Å². The number of para-hydroxylation sites is 1. The minimum Gasteiger partial charge on any atom is -0.356 e. The van der Waals surface area contributed by atoms with Gasteiger partial charge in [-0.05, 0) is 30.9 Å². The summed E-state index contributed by atoms with van der Waals surface area (Å²) in [6, 6.07) is 7.67. The third-order valence-corrected chi connectivity index (χ3v) is 3.80. The highest BCUT2D eigenvalue weighted by atomic mass is 16.5. The molecule has 0 spiro atoms. The molecule has 3 rings (SSSR count). The molecule has 1 N–H and O–H groups in total. The molecule has 1 aromatic heterocycles. The normalized spacial score (nSPS) is 19.2. The number of carbonyl (C=O) groups excluding carboxylic acids is 1. The van der Waals surface area contributed by atoms with E-state index >= 15 is 0 Å². The van der Waals surface area contributed by atoms with Crippen LogP contribution in [0, 0.1) is 5.92 Å². The Bertz CT molecular complexity index is 608. The molecule has 5 nitrogen and oxygen atoms in total. The molecule has 20 heavy (non-hydrogen) atoms. The van der Waals surface area contributed by atoms with Gasteiger partial charge in [0, 0.05) is 18.5 Å². The van der Waals surface area contributed by atoms with Gasteiger partial charge in [-0.15, -0.1) is 0 Å². The molecule has 1 fully saturated rings.